The molecule has 0 spiro atoms. The summed E-state index contributed by atoms with van der Waals surface area (Å²) in [7, 11) is -6.14. The fraction of sp³-hybridized carbons (Fsp3) is 0.333. The second kappa shape index (κ2) is 21.6. The highest BCUT2D eigenvalue weighted by Gasteiger charge is 2.23. The van der Waals surface area contributed by atoms with E-state index in [9.17, 15) is 18.1 Å². The van der Waals surface area contributed by atoms with Crippen LogP contribution in [0.15, 0.2) is 133 Å². The third kappa shape index (κ3) is 15.5. The van der Waals surface area contributed by atoms with Crippen LogP contribution < -0.4 is 24.2 Å². The smallest absolute Gasteiger partial charge is 0.229 e. The highest BCUT2D eigenvalue weighted by molar-refractivity contribution is 7.92. The number of anilines is 1. The van der Waals surface area contributed by atoms with Gasteiger partial charge in [0, 0.05) is 31.0 Å². The standard InChI is InChI=1S/C45H55N2O7PS/c1-36(46-32-41(48)34-52-43-26-27-45(44(31-43)47-56(2,50)51)53-33-40-18-10-5-11-19-40)30-39-22-24-42(25-23-39)54-35-55(49,28-12-20-37-14-6-3-7-15-37)29-13-21-38-16-8-4-9-17-38/h3-11,14-19,22-27,31,36,41,46-48H,12-13,20-21,28-30,32-35H2,1-2H3. The van der Waals surface area contributed by atoms with Gasteiger partial charge >= 0.3 is 0 Å². The maximum atomic E-state index is 14.2. The van der Waals surface area contributed by atoms with Crippen LogP contribution in [0.2, 0.25) is 0 Å². The van der Waals surface area contributed by atoms with Gasteiger partial charge in [0.1, 0.15) is 50.1 Å². The number of sulfonamides is 1. The summed E-state index contributed by atoms with van der Waals surface area (Å²) >= 11 is 0. The van der Waals surface area contributed by atoms with Gasteiger partial charge in [-0.25, -0.2) is 8.42 Å². The molecule has 0 fully saturated rings. The van der Waals surface area contributed by atoms with E-state index in [4.69, 9.17) is 14.2 Å². The van der Waals surface area contributed by atoms with Crippen molar-refractivity contribution >= 4 is 22.9 Å². The highest BCUT2D eigenvalue weighted by Crippen LogP contribution is 2.47. The van der Waals surface area contributed by atoms with Crippen molar-refractivity contribution in [2.45, 2.75) is 57.8 Å². The molecule has 0 radical (unpaired) electrons. The van der Waals surface area contributed by atoms with Crippen LogP contribution in [0, 0.1) is 0 Å². The monoisotopic (exact) mass is 798 g/mol. The number of aryl methyl sites for hydroxylation is 2. The van der Waals surface area contributed by atoms with Crippen molar-refractivity contribution in [2.75, 3.05) is 42.8 Å². The molecule has 3 N–H and O–H groups in total. The lowest BCUT2D eigenvalue weighted by atomic mass is 10.1. The van der Waals surface area contributed by atoms with Crippen molar-refractivity contribution in [3.05, 3.63) is 156 Å². The first-order valence-electron chi connectivity index (χ1n) is 19.2. The lowest BCUT2D eigenvalue weighted by Crippen LogP contribution is -2.37. The first-order valence-corrected chi connectivity index (χ1v) is 23.4. The van der Waals surface area contributed by atoms with Crippen LogP contribution in [0.4, 0.5) is 5.69 Å². The molecule has 2 atom stereocenters. The van der Waals surface area contributed by atoms with Crippen LogP contribution in [-0.2, 0) is 40.5 Å². The number of hydrogen-bond acceptors (Lipinski definition) is 8. The van der Waals surface area contributed by atoms with Crippen LogP contribution in [0.5, 0.6) is 17.2 Å². The number of ether oxygens (including phenoxy) is 3. The van der Waals surface area contributed by atoms with E-state index in [1.807, 2.05) is 91.0 Å². The predicted molar refractivity (Wildman–Crippen MR) is 227 cm³/mol. The van der Waals surface area contributed by atoms with Crippen molar-refractivity contribution in [1.82, 2.24) is 5.32 Å². The second-order valence-corrected chi connectivity index (χ2v) is 19.4. The minimum atomic E-state index is -3.57. The Morgan fingerprint density at radius 1 is 0.679 bits per heavy atom. The lowest BCUT2D eigenvalue weighted by Gasteiger charge is -2.20. The molecular weight excluding hydrogens is 744 g/mol. The molecule has 5 aromatic carbocycles. The largest absolute Gasteiger partial charge is 0.491 e. The fourth-order valence-electron chi connectivity index (χ4n) is 6.34. The maximum absolute atomic E-state index is 14.2. The van der Waals surface area contributed by atoms with Crippen LogP contribution >= 0.6 is 7.14 Å². The summed E-state index contributed by atoms with van der Waals surface area (Å²) < 4.78 is 58.6. The van der Waals surface area contributed by atoms with Gasteiger partial charge < -0.3 is 29.2 Å². The number of aliphatic hydroxyl groups is 1. The third-order valence-electron chi connectivity index (χ3n) is 9.31. The molecule has 298 valence electrons. The van der Waals surface area contributed by atoms with Crippen molar-refractivity contribution in [2.24, 2.45) is 0 Å². The number of nitrogens with one attached hydrogen (secondary N) is 2. The molecule has 5 rings (SSSR count). The molecule has 2 unspecified atom stereocenters. The molecule has 0 aliphatic heterocycles. The van der Waals surface area contributed by atoms with Crippen LogP contribution in [0.3, 0.4) is 0 Å². The Morgan fingerprint density at radius 3 is 1.80 bits per heavy atom. The summed E-state index contributed by atoms with van der Waals surface area (Å²) in [6.07, 6.45) is 6.09. The molecule has 5 aromatic rings. The van der Waals surface area contributed by atoms with E-state index in [1.54, 1.807) is 18.2 Å². The summed E-state index contributed by atoms with van der Waals surface area (Å²) in [6, 6.07) is 43.2. The van der Waals surface area contributed by atoms with Crippen LogP contribution in [-0.4, -0.2) is 63.7 Å². The van der Waals surface area contributed by atoms with Gasteiger partial charge in [-0.1, -0.05) is 103 Å². The molecule has 0 amide bonds. The SMILES string of the molecule is CC(Cc1ccc(OCP(=O)(CCCc2ccccc2)CCCc2ccccc2)cc1)NCC(O)COc1ccc(OCc2ccccc2)c(NS(C)(=O)=O)c1. The van der Waals surface area contributed by atoms with Gasteiger partial charge in [-0.05, 0) is 85.5 Å². The Morgan fingerprint density at radius 2 is 1.23 bits per heavy atom. The lowest BCUT2D eigenvalue weighted by molar-refractivity contribution is 0.104. The van der Waals surface area contributed by atoms with E-state index >= 15 is 0 Å². The molecule has 0 saturated carbocycles. The molecular formula is C45H55N2O7PS. The fourth-order valence-corrected chi connectivity index (χ4v) is 9.23. The Balaban J connectivity index is 1.06. The van der Waals surface area contributed by atoms with E-state index in [2.05, 4.69) is 41.2 Å². The molecule has 0 saturated heterocycles. The first-order chi connectivity index (χ1) is 27.0. The van der Waals surface area contributed by atoms with E-state index in [0.29, 0.717) is 36.1 Å². The van der Waals surface area contributed by atoms with Crippen molar-refractivity contribution in [1.29, 1.82) is 0 Å². The molecule has 0 aliphatic carbocycles. The summed E-state index contributed by atoms with van der Waals surface area (Å²) in [5, 5.41) is 14.0. The quantitative estimate of drug-likeness (QED) is 0.0531. The van der Waals surface area contributed by atoms with Crippen LogP contribution in [0.1, 0.15) is 42.0 Å². The number of hydrogen-bond donors (Lipinski definition) is 3. The van der Waals surface area contributed by atoms with E-state index < -0.39 is 23.3 Å². The molecule has 0 heterocycles. The van der Waals surface area contributed by atoms with Crippen molar-refractivity contribution in [3.8, 4) is 17.2 Å². The van der Waals surface area contributed by atoms with E-state index in [1.165, 1.54) is 11.1 Å². The normalized spacial score (nSPS) is 12.8. The average Bonchev–Trinajstić information content (AvgIpc) is 3.19. The molecule has 0 aliphatic rings. The van der Waals surface area contributed by atoms with Gasteiger partial charge in [0.05, 0.1) is 11.9 Å². The van der Waals surface area contributed by atoms with E-state index in [-0.39, 0.29) is 31.3 Å². The average molecular weight is 799 g/mol. The zero-order valence-electron chi connectivity index (χ0n) is 32.4. The third-order valence-corrected chi connectivity index (χ3v) is 12.8. The van der Waals surface area contributed by atoms with Gasteiger partial charge in [0.2, 0.25) is 10.0 Å². The predicted octanol–water partition coefficient (Wildman–Crippen LogP) is 8.56. The zero-order valence-corrected chi connectivity index (χ0v) is 34.1. The highest BCUT2D eigenvalue weighted by atomic mass is 32.2. The van der Waals surface area contributed by atoms with E-state index in [0.717, 1.165) is 49.5 Å². The Labute approximate surface area is 332 Å². The maximum Gasteiger partial charge on any atom is 0.229 e. The molecule has 9 nitrogen and oxygen atoms in total. The minimum absolute atomic E-state index is 0.0106. The van der Waals surface area contributed by atoms with Gasteiger partial charge in [-0.3, -0.25) is 4.72 Å². The Bertz CT molecular complexity index is 2000. The molecule has 0 bridgehead atoms. The molecule has 56 heavy (non-hydrogen) atoms. The number of benzene rings is 5. The zero-order chi connectivity index (χ0) is 39.6. The van der Waals surface area contributed by atoms with Crippen LogP contribution in [0.25, 0.3) is 0 Å². The summed E-state index contributed by atoms with van der Waals surface area (Å²) in [4.78, 5) is 0. The molecule has 0 aromatic heterocycles. The van der Waals surface area contributed by atoms with Gasteiger partial charge in [-0.15, -0.1) is 0 Å². The minimum Gasteiger partial charge on any atom is -0.491 e. The van der Waals surface area contributed by atoms with Gasteiger partial charge in [-0.2, -0.15) is 0 Å². The Hall–Kier alpha value is -4.60. The van der Waals surface area contributed by atoms with Gasteiger partial charge in [0.25, 0.3) is 0 Å². The first kappa shape index (κ1) is 42.5. The molecule has 11 heteroatoms. The number of aliphatic hydroxyl groups excluding tert-OH is 1. The topological polar surface area (TPSA) is 123 Å². The summed E-state index contributed by atoms with van der Waals surface area (Å²) in [6.45, 7) is 2.64. The Kier molecular flexibility index (Phi) is 16.4. The summed E-state index contributed by atoms with van der Waals surface area (Å²) in [5.41, 5.74) is 4.84. The second-order valence-electron chi connectivity index (χ2n) is 14.4. The van der Waals surface area contributed by atoms with Crippen molar-refractivity contribution < 1.29 is 32.3 Å². The van der Waals surface area contributed by atoms with Crippen molar-refractivity contribution in [3.63, 3.8) is 0 Å². The number of rotatable bonds is 24. The van der Waals surface area contributed by atoms with Gasteiger partial charge in [0.15, 0.2) is 0 Å². The summed E-state index contributed by atoms with van der Waals surface area (Å²) in [5.74, 6) is 1.47.